The summed E-state index contributed by atoms with van der Waals surface area (Å²) in [6, 6.07) is 5.72. The Bertz CT molecular complexity index is 363. The largest absolute Gasteiger partial charge is 0.418 e. The van der Waals surface area contributed by atoms with E-state index in [0.29, 0.717) is 19.6 Å². The number of para-hydroxylation sites is 1. The smallest absolute Gasteiger partial charge is 0.370 e. The van der Waals surface area contributed by atoms with Crippen LogP contribution in [0.3, 0.4) is 0 Å². The van der Waals surface area contributed by atoms with Gasteiger partial charge >= 0.3 is 6.18 Å². The second kappa shape index (κ2) is 6.64. The molecule has 0 atom stereocenters. The van der Waals surface area contributed by atoms with Crippen molar-refractivity contribution < 1.29 is 13.2 Å². The van der Waals surface area contributed by atoms with E-state index in [4.69, 9.17) is 0 Å². The molecule has 0 fully saturated rings. The quantitative estimate of drug-likeness (QED) is 0.790. The highest BCUT2D eigenvalue weighted by molar-refractivity contribution is 5.54. The van der Waals surface area contributed by atoms with E-state index in [1.54, 1.807) is 11.0 Å². The van der Waals surface area contributed by atoms with Crippen molar-refractivity contribution >= 4 is 5.69 Å². The van der Waals surface area contributed by atoms with E-state index in [-0.39, 0.29) is 5.69 Å². The predicted octanol–water partition coefficient (Wildman–Crippen LogP) is 3.14. The molecular formula is C13H19F3N2. The second-order valence-corrected chi connectivity index (χ2v) is 3.95. The van der Waals surface area contributed by atoms with Gasteiger partial charge in [0.05, 0.1) is 5.56 Å². The first-order chi connectivity index (χ1) is 8.50. The molecule has 102 valence electrons. The van der Waals surface area contributed by atoms with E-state index in [2.05, 4.69) is 5.32 Å². The molecule has 1 aromatic rings. The maximum absolute atomic E-state index is 12.9. The lowest BCUT2D eigenvalue weighted by molar-refractivity contribution is -0.137. The molecule has 0 aliphatic rings. The van der Waals surface area contributed by atoms with Crippen LogP contribution in [0, 0.1) is 0 Å². The van der Waals surface area contributed by atoms with Crippen LogP contribution in [0.5, 0.6) is 0 Å². The molecule has 0 unspecified atom stereocenters. The number of hydrogen-bond donors (Lipinski definition) is 1. The van der Waals surface area contributed by atoms with E-state index in [1.807, 2.05) is 13.8 Å². The van der Waals surface area contributed by atoms with Gasteiger partial charge in [0.2, 0.25) is 0 Å². The third-order valence-electron chi connectivity index (χ3n) is 2.74. The summed E-state index contributed by atoms with van der Waals surface area (Å²) in [5, 5.41) is 3.12. The average Bonchev–Trinajstić information content (AvgIpc) is 2.34. The normalized spacial score (nSPS) is 11.6. The number of anilines is 1. The summed E-state index contributed by atoms with van der Waals surface area (Å²) in [5.41, 5.74) is -0.311. The number of likely N-dealkylation sites (N-methyl/N-ethyl adjacent to an activating group) is 2. The van der Waals surface area contributed by atoms with Crippen LogP contribution in [0.15, 0.2) is 24.3 Å². The SMILES string of the molecule is CCNCCN(CC)c1ccccc1C(F)(F)F. The fourth-order valence-corrected chi connectivity index (χ4v) is 1.83. The Morgan fingerprint density at radius 3 is 2.39 bits per heavy atom. The predicted molar refractivity (Wildman–Crippen MR) is 67.9 cm³/mol. The van der Waals surface area contributed by atoms with Crippen molar-refractivity contribution in [3.05, 3.63) is 29.8 Å². The number of benzene rings is 1. The van der Waals surface area contributed by atoms with Gasteiger partial charge in [0, 0.05) is 25.3 Å². The van der Waals surface area contributed by atoms with Crippen LogP contribution >= 0.6 is 0 Å². The van der Waals surface area contributed by atoms with Crippen molar-refractivity contribution in [1.82, 2.24) is 5.32 Å². The van der Waals surface area contributed by atoms with Crippen LogP contribution in [0.2, 0.25) is 0 Å². The Kier molecular flexibility index (Phi) is 5.47. The highest BCUT2D eigenvalue weighted by Crippen LogP contribution is 2.36. The minimum Gasteiger partial charge on any atom is -0.370 e. The Hall–Kier alpha value is -1.23. The van der Waals surface area contributed by atoms with E-state index >= 15 is 0 Å². The van der Waals surface area contributed by atoms with Gasteiger partial charge in [-0.1, -0.05) is 19.1 Å². The van der Waals surface area contributed by atoms with E-state index < -0.39 is 11.7 Å². The Balaban J connectivity index is 2.91. The lowest BCUT2D eigenvalue weighted by Gasteiger charge is -2.26. The third-order valence-corrected chi connectivity index (χ3v) is 2.74. The zero-order valence-electron chi connectivity index (χ0n) is 10.7. The summed E-state index contributed by atoms with van der Waals surface area (Å²) in [6.45, 7) is 6.45. The van der Waals surface area contributed by atoms with Gasteiger partial charge in [0.1, 0.15) is 0 Å². The number of hydrogen-bond acceptors (Lipinski definition) is 2. The Morgan fingerprint density at radius 2 is 1.83 bits per heavy atom. The Labute approximate surface area is 106 Å². The van der Waals surface area contributed by atoms with E-state index in [9.17, 15) is 13.2 Å². The van der Waals surface area contributed by atoms with Crippen molar-refractivity contribution in [2.45, 2.75) is 20.0 Å². The van der Waals surface area contributed by atoms with E-state index in [1.165, 1.54) is 12.1 Å². The molecule has 0 radical (unpaired) electrons. The fourth-order valence-electron chi connectivity index (χ4n) is 1.83. The van der Waals surface area contributed by atoms with Crippen LogP contribution < -0.4 is 10.2 Å². The summed E-state index contributed by atoms with van der Waals surface area (Å²) in [5.74, 6) is 0. The van der Waals surface area contributed by atoms with Gasteiger partial charge in [-0.3, -0.25) is 0 Å². The van der Waals surface area contributed by atoms with Crippen LogP contribution in [0.1, 0.15) is 19.4 Å². The van der Waals surface area contributed by atoms with Gasteiger partial charge in [0.15, 0.2) is 0 Å². The number of halogens is 3. The molecule has 0 heterocycles. The van der Waals surface area contributed by atoms with Gasteiger partial charge in [-0.25, -0.2) is 0 Å². The average molecular weight is 260 g/mol. The maximum atomic E-state index is 12.9. The highest BCUT2D eigenvalue weighted by atomic mass is 19.4. The molecule has 2 nitrogen and oxygen atoms in total. The first kappa shape index (κ1) is 14.8. The molecule has 1 N–H and O–H groups in total. The molecule has 0 spiro atoms. The summed E-state index contributed by atoms with van der Waals surface area (Å²) >= 11 is 0. The molecule has 5 heteroatoms. The molecule has 0 amide bonds. The lowest BCUT2D eigenvalue weighted by atomic mass is 10.1. The molecule has 1 rings (SSSR count). The standard InChI is InChI=1S/C13H19F3N2/c1-3-17-9-10-18(4-2)12-8-6-5-7-11(12)13(14,15)16/h5-8,17H,3-4,9-10H2,1-2H3. The zero-order valence-corrected chi connectivity index (χ0v) is 10.7. The molecule has 0 bridgehead atoms. The Morgan fingerprint density at radius 1 is 1.17 bits per heavy atom. The minimum atomic E-state index is -4.30. The van der Waals surface area contributed by atoms with Crippen LogP contribution in [-0.4, -0.2) is 26.2 Å². The zero-order chi connectivity index (χ0) is 13.6. The van der Waals surface area contributed by atoms with Crippen molar-refractivity contribution in [3.8, 4) is 0 Å². The van der Waals surface area contributed by atoms with Gasteiger partial charge in [-0.15, -0.1) is 0 Å². The van der Waals surface area contributed by atoms with E-state index in [0.717, 1.165) is 12.6 Å². The van der Waals surface area contributed by atoms with Crippen LogP contribution in [0.4, 0.5) is 18.9 Å². The van der Waals surface area contributed by atoms with Gasteiger partial charge in [-0.2, -0.15) is 13.2 Å². The molecule has 18 heavy (non-hydrogen) atoms. The molecule has 0 saturated carbocycles. The molecular weight excluding hydrogens is 241 g/mol. The number of alkyl halides is 3. The fraction of sp³-hybridized carbons (Fsp3) is 0.538. The van der Waals surface area contributed by atoms with Crippen molar-refractivity contribution in [1.29, 1.82) is 0 Å². The number of rotatable bonds is 6. The number of nitrogens with zero attached hydrogens (tertiary/aromatic N) is 1. The summed E-state index contributed by atoms with van der Waals surface area (Å²) in [4.78, 5) is 1.74. The highest BCUT2D eigenvalue weighted by Gasteiger charge is 2.34. The van der Waals surface area contributed by atoms with Crippen molar-refractivity contribution in [3.63, 3.8) is 0 Å². The summed E-state index contributed by atoms with van der Waals surface area (Å²) < 4.78 is 38.7. The van der Waals surface area contributed by atoms with Gasteiger partial charge in [0.25, 0.3) is 0 Å². The monoisotopic (exact) mass is 260 g/mol. The lowest BCUT2D eigenvalue weighted by Crippen LogP contribution is -2.33. The molecule has 1 aromatic carbocycles. The first-order valence-electron chi connectivity index (χ1n) is 6.12. The van der Waals surface area contributed by atoms with Crippen LogP contribution in [-0.2, 0) is 6.18 Å². The summed E-state index contributed by atoms with van der Waals surface area (Å²) in [7, 11) is 0. The topological polar surface area (TPSA) is 15.3 Å². The first-order valence-corrected chi connectivity index (χ1v) is 6.12. The molecule has 0 aliphatic heterocycles. The van der Waals surface area contributed by atoms with Crippen LogP contribution in [0.25, 0.3) is 0 Å². The molecule has 0 saturated heterocycles. The van der Waals surface area contributed by atoms with Crippen molar-refractivity contribution in [2.24, 2.45) is 0 Å². The molecule has 0 aromatic heterocycles. The number of nitrogens with one attached hydrogen (secondary N) is 1. The minimum absolute atomic E-state index is 0.255. The van der Waals surface area contributed by atoms with Gasteiger partial charge < -0.3 is 10.2 Å². The third kappa shape index (κ3) is 3.91. The molecule has 0 aliphatic carbocycles. The maximum Gasteiger partial charge on any atom is 0.418 e. The van der Waals surface area contributed by atoms with Crippen molar-refractivity contribution in [2.75, 3.05) is 31.1 Å². The van der Waals surface area contributed by atoms with Gasteiger partial charge in [-0.05, 0) is 25.6 Å². The summed E-state index contributed by atoms with van der Waals surface area (Å²) in [6.07, 6.45) is -4.30. The second-order valence-electron chi connectivity index (χ2n) is 3.95.